The van der Waals surface area contributed by atoms with E-state index >= 15 is 0 Å². The van der Waals surface area contributed by atoms with Crippen molar-refractivity contribution < 1.29 is 9.90 Å². The molecule has 1 aromatic rings. The standard InChI is InChI=1S/C13H19IN2O2/c1-3-16(6-7-17)9-13(18)15-12-5-4-11(14)8-10(12)2/h4-5,8,17H,3,6-7,9H2,1-2H3,(H,15,18). The molecule has 0 saturated heterocycles. The summed E-state index contributed by atoms with van der Waals surface area (Å²) in [6.07, 6.45) is 0. The molecule has 0 spiro atoms. The van der Waals surface area contributed by atoms with E-state index in [1.165, 1.54) is 0 Å². The van der Waals surface area contributed by atoms with Gasteiger partial charge in [0.2, 0.25) is 5.91 Å². The van der Waals surface area contributed by atoms with E-state index < -0.39 is 0 Å². The van der Waals surface area contributed by atoms with Crippen molar-refractivity contribution >= 4 is 34.2 Å². The summed E-state index contributed by atoms with van der Waals surface area (Å²) >= 11 is 2.24. The highest BCUT2D eigenvalue weighted by atomic mass is 127. The maximum atomic E-state index is 11.9. The Hall–Kier alpha value is -0.660. The number of aliphatic hydroxyl groups excluding tert-OH is 1. The van der Waals surface area contributed by atoms with Gasteiger partial charge in [-0.2, -0.15) is 0 Å². The summed E-state index contributed by atoms with van der Waals surface area (Å²) in [5.74, 6) is -0.0467. The molecule has 0 aliphatic rings. The van der Waals surface area contributed by atoms with Crippen LogP contribution in [0.4, 0.5) is 5.69 Å². The van der Waals surface area contributed by atoms with Crippen LogP contribution in [0.2, 0.25) is 0 Å². The predicted molar refractivity (Wildman–Crippen MR) is 81.7 cm³/mol. The molecule has 1 rings (SSSR count). The van der Waals surface area contributed by atoms with E-state index in [-0.39, 0.29) is 12.5 Å². The number of nitrogens with zero attached hydrogens (tertiary/aromatic N) is 1. The minimum absolute atomic E-state index is 0.0467. The zero-order valence-corrected chi connectivity index (χ0v) is 12.9. The second kappa shape index (κ2) is 7.70. The second-order valence-corrected chi connectivity index (χ2v) is 5.35. The van der Waals surface area contributed by atoms with Crippen molar-refractivity contribution in [1.82, 2.24) is 4.90 Å². The van der Waals surface area contributed by atoms with Gasteiger partial charge in [-0.25, -0.2) is 0 Å². The number of anilines is 1. The van der Waals surface area contributed by atoms with Crippen LogP contribution in [0, 0.1) is 10.5 Å². The number of nitrogens with one attached hydrogen (secondary N) is 1. The van der Waals surface area contributed by atoms with Gasteiger partial charge in [0, 0.05) is 15.8 Å². The van der Waals surface area contributed by atoms with Crippen LogP contribution in [0.5, 0.6) is 0 Å². The highest BCUT2D eigenvalue weighted by Gasteiger charge is 2.09. The molecule has 0 heterocycles. The molecule has 0 aromatic heterocycles. The lowest BCUT2D eigenvalue weighted by atomic mass is 10.2. The smallest absolute Gasteiger partial charge is 0.238 e. The average Bonchev–Trinajstić information content (AvgIpc) is 2.32. The highest BCUT2D eigenvalue weighted by molar-refractivity contribution is 14.1. The largest absolute Gasteiger partial charge is 0.395 e. The normalized spacial score (nSPS) is 10.7. The van der Waals surface area contributed by atoms with Gasteiger partial charge in [0.15, 0.2) is 0 Å². The lowest BCUT2D eigenvalue weighted by Gasteiger charge is -2.18. The second-order valence-electron chi connectivity index (χ2n) is 4.10. The van der Waals surface area contributed by atoms with Crippen molar-refractivity contribution in [3.05, 3.63) is 27.3 Å². The summed E-state index contributed by atoms with van der Waals surface area (Å²) in [5.41, 5.74) is 1.90. The molecular formula is C13H19IN2O2. The first-order chi connectivity index (χ1) is 8.56. The Morgan fingerprint density at radius 3 is 2.78 bits per heavy atom. The maximum Gasteiger partial charge on any atom is 0.238 e. The van der Waals surface area contributed by atoms with E-state index in [0.717, 1.165) is 21.4 Å². The molecule has 0 bridgehead atoms. The van der Waals surface area contributed by atoms with Crippen molar-refractivity contribution in [1.29, 1.82) is 0 Å². The maximum absolute atomic E-state index is 11.9. The number of likely N-dealkylation sites (N-methyl/N-ethyl adjacent to an activating group) is 1. The number of carbonyl (C=O) groups excluding carboxylic acids is 1. The molecule has 1 amide bonds. The van der Waals surface area contributed by atoms with Gasteiger partial charge in [-0.3, -0.25) is 9.69 Å². The van der Waals surface area contributed by atoms with Crippen molar-refractivity contribution in [2.75, 3.05) is 31.6 Å². The minimum atomic E-state index is -0.0467. The molecule has 18 heavy (non-hydrogen) atoms. The molecule has 100 valence electrons. The Labute approximate surface area is 122 Å². The van der Waals surface area contributed by atoms with Gasteiger partial charge in [-0.15, -0.1) is 0 Å². The highest BCUT2D eigenvalue weighted by Crippen LogP contribution is 2.17. The molecule has 5 heteroatoms. The Morgan fingerprint density at radius 2 is 2.22 bits per heavy atom. The van der Waals surface area contributed by atoms with Gasteiger partial charge in [-0.1, -0.05) is 6.92 Å². The average molecular weight is 362 g/mol. The van der Waals surface area contributed by atoms with Crippen LogP contribution in [0.25, 0.3) is 0 Å². The number of amides is 1. The predicted octanol–water partition coefficient (Wildman–Crippen LogP) is 1.85. The monoisotopic (exact) mass is 362 g/mol. The summed E-state index contributed by atoms with van der Waals surface area (Å²) in [4.78, 5) is 13.8. The molecule has 2 N–H and O–H groups in total. The van der Waals surface area contributed by atoms with Crippen LogP contribution in [0.1, 0.15) is 12.5 Å². The Kier molecular flexibility index (Phi) is 6.59. The Bertz CT molecular complexity index is 410. The van der Waals surface area contributed by atoms with Crippen LogP contribution in [-0.4, -0.2) is 42.2 Å². The van der Waals surface area contributed by atoms with Gasteiger partial charge < -0.3 is 10.4 Å². The summed E-state index contributed by atoms with van der Waals surface area (Å²) in [6, 6.07) is 5.91. The van der Waals surface area contributed by atoms with E-state index in [0.29, 0.717) is 13.1 Å². The fourth-order valence-corrected chi connectivity index (χ4v) is 2.30. The van der Waals surface area contributed by atoms with Crippen LogP contribution >= 0.6 is 22.6 Å². The number of aliphatic hydroxyl groups is 1. The Balaban J connectivity index is 2.58. The molecule has 0 aliphatic carbocycles. The number of carbonyl (C=O) groups is 1. The summed E-state index contributed by atoms with van der Waals surface area (Å²) in [6.45, 7) is 5.60. The van der Waals surface area contributed by atoms with E-state index in [9.17, 15) is 4.79 Å². The summed E-state index contributed by atoms with van der Waals surface area (Å²) < 4.78 is 1.15. The number of benzene rings is 1. The SMILES string of the molecule is CCN(CCO)CC(=O)Nc1ccc(I)cc1C. The molecular weight excluding hydrogens is 343 g/mol. The summed E-state index contributed by atoms with van der Waals surface area (Å²) in [7, 11) is 0. The first-order valence-corrected chi connectivity index (χ1v) is 7.04. The number of hydrogen-bond donors (Lipinski definition) is 2. The fourth-order valence-electron chi connectivity index (χ4n) is 1.65. The molecule has 0 saturated carbocycles. The van der Waals surface area contributed by atoms with Gasteiger partial charge in [0.25, 0.3) is 0 Å². The van der Waals surface area contributed by atoms with E-state index in [1.54, 1.807) is 0 Å². The van der Waals surface area contributed by atoms with E-state index in [2.05, 4.69) is 27.9 Å². The van der Waals surface area contributed by atoms with Crippen molar-refractivity contribution in [2.24, 2.45) is 0 Å². The minimum Gasteiger partial charge on any atom is -0.395 e. The third kappa shape index (κ3) is 4.91. The van der Waals surface area contributed by atoms with Crippen molar-refractivity contribution in [3.8, 4) is 0 Å². The number of halogens is 1. The summed E-state index contributed by atoms with van der Waals surface area (Å²) in [5, 5.41) is 11.8. The molecule has 0 unspecified atom stereocenters. The fraction of sp³-hybridized carbons (Fsp3) is 0.462. The number of aryl methyl sites for hydroxylation is 1. The zero-order valence-electron chi connectivity index (χ0n) is 10.7. The first kappa shape index (κ1) is 15.4. The van der Waals surface area contributed by atoms with Crippen LogP contribution < -0.4 is 5.32 Å². The number of hydrogen-bond acceptors (Lipinski definition) is 3. The van der Waals surface area contributed by atoms with Crippen LogP contribution in [0.3, 0.4) is 0 Å². The molecule has 0 radical (unpaired) electrons. The lowest BCUT2D eigenvalue weighted by Crippen LogP contribution is -2.35. The lowest BCUT2D eigenvalue weighted by molar-refractivity contribution is -0.117. The van der Waals surface area contributed by atoms with Crippen LogP contribution in [-0.2, 0) is 4.79 Å². The van der Waals surface area contributed by atoms with Gasteiger partial charge in [-0.05, 0) is 59.8 Å². The topological polar surface area (TPSA) is 52.6 Å². The third-order valence-corrected chi connectivity index (χ3v) is 3.36. The molecule has 0 fully saturated rings. The van der Waals surface area contributed by atoms with E-state index in [4.69, 9.17) is 5.11 Å². The van der Waals surface area contributed by atoms with Gasteiger partial charge >= 0.3 is 0 Å². The van der Waals surface area contributed by atoms with Gasteiger partial charge in [0.05, 0.1) is 13.2 Å². The van der Waals surface area contributed by atoms with Crippen molar-refractivity contribution in [2.45, 2.75) is 13.8 Å². The van der Waals surface area contributed by atoms with E-state index in [1.807, 2.05) is 36.9 Å². The number of rotatable bonds is 6. The van der Waals surface area contributed by atoms with Crippen LogP contribution in [0.15, 0.2) is 18.2 Å². The molecule has 1 aromatic carbocycles. The molecule has 0 atom stereocenters. The van der Waals surface area contributed by atoms with Crippen molar-refractivity contribution in [3.63, 3.8) is 0 Å². The Morgan fingerprint density at radius 1 is 1.50 bits per heavy atom. The zero-order chi connectivity index (χ0) is 13.5. The molecule has 4 nitrogen and oxygen atoms in total. The quantitative estimate of drug-likeness (QED) is 0.760. The third-order valence-electron chi connectivity index (χ3n) is 2.69. The van der Waals surface area contributed by atoms with Gasteiger partial charge in [0.1, 0.15) is 0 Å². The first-order valence-electron chi connectivity index (χ1n) is 5.96. The molecule has 0 aliphatic heterocycles.